The zero-order valence-corrected chi connectivity index (χ0v) is 9.62. The van der Waals surface area contributed by atoms with Crippen molar-refractivity contribution in [2.75, 3.05) is 13.7 Å². The molecule has 1 rings (SSSR count). The molecule has 84 valence electrons. The molecule has 1 unspecified atom stereocenters. The SMILES string of the molecule is CNS(=O)(=O)C(C)COc1ccccc1. The standard InChI is InChI=1S/C10H15NO3S/c1-9(15(12,13)11-2)8-14-10-6-4-3-5-7-10/h3-7,9,11H,8H2,1-2H3. The molecule has 1 aromatic carbocycles. The Bertz CT molecular complexity index is 388. The maximum Gasteiger partial charge on any atom is 0.217 e. The molecule has 0 radical (unpaired) electrons. The molecule has 1 atom stereocenters. The number of sulfonamides is 1. The molecule has 0 aliphatic rings. The normalized spacial score (nSPS) is 13.5. The highest BCUT2D eigenvalue weighted by atomic mass is 32.2. The van der Waals surface area contributed by atoms with Crippen molar-refractivity contribution in [3.63, 3.8) is 0 Å². The molecule has 0 spiro atoms. The van der Waals surface area contributed by atoms with Crippen molar-refractivity contribution in [2.45, 2.75) is 12.2 Å². The van der Waals surface area contributed by atoms with Gasteiger partial charge in [0.15, 0.2) is 0 Å². The predicted molar refractivity (Wildman–Crippen MR) is 59.4 cm³/mol. The largest absolute Gasteiger partial charge is 0.492 e. The predicted octanol–water partition coefficient (Wildman–Crippen LogP) is 1.00. The Kier molecular flexibility index (Phi) is 4.11. The smallest absolute Gasteiger partial charge is 0.217 e. The van der Waals surface area contributed by atoms with Crippen molar-refractivity contribution in [3.8, 4) is 5.75 Å². The fourth-order valence-corrected chi connectivity index (χ4v) is 1.67. The molecule has 1 N–H and O–H groups in total. The van der Waals surface area contributed by atoms with E-state index in [9.17, 15) is 8.42 Å². The minimum atomic E-state index is -3.24. The molecule has 4 nitrogen and oxygen atoms in total. The second kappa shape index (κ2) is 5.14. The highest BCUT2D eigenvalue weighted by Gasteiger charge is 2.18. The summed E-state index contributed by atoms with van der Waals surface area (Å²) in [5.74, 6) is 0.677. The molecule has 1 aromatic rings. The lowest BCUT2D eigenvalue weighted by Crippen LogP contribution is -2.33. The van der Waals surface area contributed by atoms with Crippen LogP contribution in [0.4, 0.5) is 0 Å². The first-order valence-electron chi connectivity index (χ1n) is 4.66. The third-order valence-corrected chi connectivity index (χ3v) is 3.81. The van der Waals surface area contributed by atoms with Gasteiger partial charge in [-0.3, -0.25) is 0 Å². The Morgan fingerprint density at radius 1 is 1.33 bits per heavy atom. The van der Waals surface area contributed by atoms with E-state index >= 15 is 0 Å². The van der Waals surface area contributed by atoms with Gasteiger partial charge in [-0.25, -0.2) is 13.1 Å². The van der Waals surface area contributed by atoms with Gasteiger partial charge in [-0.2, -0.15) is 0 Å². The Balaban J connectivity index is 2.52. The fourth-order valence-electron chi connectivity index (χ4n) is 1.02. The molecule has 0 aliphatic carbocycles. The van der Waals surface area contributed by atoms with Crippen molar-refractivity contribution in [1.29, 1.82) is 0 Å². The summed E-state index contributed by atoms with van der Waals surface area (Å²) in [6.45, 7) is 1.75. The molecule has 15 heavy (non-hydrogen) atoms. The molecule has 0 fully saturated rings. The van der Waals surface area contributed by atoms with E-state index in [0.29, 0.717) is 5.75 Å². The van der Waals surface area contributed by atoms with Gasteiger partial charge in [-0.05, 0) is 26.1 Å². The van der Waals surface area contributed by atoms with Crippen molar-refractivity contribution in [1.82, 2.24) is 4.72 Å². The lowest BCUT2D eigenvalue weighted by atomic mass is 10.3. The van der Waals surface area contributed by atoms with Crippen LogP contribution in [0, 0.1) is 0 Å². The molecule has 0 aliphatic heterocycles. The summed E-state index contributed by atoms with van der Waals surface area (Å²) in [4.78, 5) is 0. The van der Waals surface area contributed by atoms with Crippen LogP contribution < -0.4 is 9.46 Å². The van der Waals surface area contributed by atoms with Crippen molar-refractivity contribution in [3.05, 3.63) is 30.3 Å². The zero-order valence-electron chi connectivity index (χ0n) is 8.80. The van der Waals surface area contributed by atoms with Crippen LogP contribution in [0.1, 0.15) is 6.92 Å². The molecule has 0 amide bonds. The molecule has 0 saturated carbocycles. The maximum absolute atomic E-state index is 11.3. The average Bonchev–Trinajstić information content (AvgIpc) is 2.27. The number of para-hydroxylation sites is 1. The van der Waals surface area contributed by atoms with E-state index in [1.54, 1.807) is 19.1 Å². The summed E-state index contributed by atoms with van der Waals surface area (Å²) in [6, 6.07) is 9.14. The van der Waals surface area contributed by atoms with Crippen LogP contribution in [0.5, 0.6) is 5.75 Å². The Hall–Kier alpha value is -1.07. The first-order chi connectivity index (χ1) is 7.06. The zero-order chi connectivity index (χ0) is 11.3. The Labute approximate surface area is 90.3 Å². The molecule has 0 aromatic heterocycles. The number of hydrogen-bond donors (Lipinski definition) is 1. The molecule has 5 heteroatoms. The maximum atomic E-state index is 11.3. The van der Waals surface area contributed by atoms with Crippen LogP contribution in [-0.2, 0) is 10.0 Å². The fraction of sp³-hybridized carbons (Fsp3) is 0.400. The molecular formula is C10H15NO3S. The summed E-state index contributed by atoms with van der Waals surface area (Å²) in [5, 5.41) is -0.567. The van der Waals surface area contributed by atoms with E-state index in [-0.39, 0.29) is 6.61 Å². The van der Waals surface area contributed by atoms with Gasteiger partial charge < -0.3 is 4.74 Å². The molecule has 0 bridgehead atoms. The van der Waals surface area contributed by atoms with Crippen molar-refractivity contribution in [2.24, 2.45) is 0 Å². The van der Waals surface area contributed by atoms with Crippen LogP contribution in [0.15, 0.2) is 30.3 Å². The van der Waals surface area contributed by atoms with E-state index in [1.165, 1.54) is 7.05 Å². The van der Waals surface area contributed by atoms with Gasteiger partial charge in [0.1, 0.15) is 17.6 Å². The van der Waals surface area contributed by atoms with E-state index in [4.69, 9.17) is 4.74 Å². The Morgan fingerprint density at radius 3 is 2.47 bits per heavy atom. The van der Waals surface area contributed by atoms with Gasteiger partial charge in [0.25, 0.3) is 0 Å². The van der Waals surface area contributed by atoms with E-state index in [2.05, 4.69) is 4.72 Å². The van der Waals surface area contributed by atoms with Crippen molar-refractivity contribution < 1.29 is 13.2 Å². The summed E-state index contributed by atoms with van der Waals surface area (Å²) >= 11 is 0. The average molecular weight is 229 g/mol. The second-order valence-corrected chi connectivity index (χ2v) is 5.49. The van der Waals surface area contributed by atoms with Gasteiger partial charge in [0.05, 0.1) is 0 Å². The van der Waals surface area contributed by atoms with E-state index < -0.39 is 15.3 Å². The highest BCUT2D eigenvalue weighted by molar-refractivity contribution is 7.90. The first-order valence-corrected chi connectivity index (χ1v) is 6.21. The van der Waals surface area contributed by atoms with Crippen LogP contribution in [0.2, 0.25) is 0 Å². The van der Waals surface area contributed by atoms with Crippen LogP contribution in [0.3, 0.4) is 0 Å². The minimum Gasteiger partial charge on any atom is -0.492 e. The summed E-state index contributed by atoms with van der Waals surface area (Å²) in [7, 11) is -1.85. The van der Waals surface area contributed by atoms with E-state index in [1.807, 2.05) is 18.2 Å². The number of hydrogen-bond acceptors (Lipinski definition) is 3. The van der Waals surface area contributed by atoms with Crippen LogP contribution in [-0.4, -0.2) is 27.3 Å². The van der Waals surface area contributed by atoms with Crippen molar-refractivity contribution >= 4 is 10.0 Å². The highest BCUT2D eigenvalue weighted by Crippen LogP contribution is 2.09. The number of rotatable bonds is 5. The third kappa shape index (κ3) is 3.53. The number of nitrogens with one attached hydrogen (secondary N) is 1. The summed E-state index contributed by atoms with van der Waals surface area (Å²) in [6.07, 6.45) is 0. The number of ether oxygens (including phenoxy) is 1. The van der Waals surface area contributed by atoms with Gasteiger partial charge in [0, 0.05) is 0 Å². The quantitative estimate of drug-likeness (QED) is 0.819. The topological polar surface area (TPSA) is 55.4 Å². The first kappa shape index (κ1) is 12.0. The molecular weight excluding hydrogens is 214 g/mol. The van der Waals surface area contributed by atoms with E-state index in [0.717, 1.165) is 0 Å². The number of benzene rings is 1. The lowest BCUT2D eigenvalue weighted by Gasteiger charge is -2.12. The minimum absolute atomic E-state index is 0.146. The van der Waals surface area contributed by atoms with Gasteiger partial charge in [0.2, 0.25) is 10.0 Å². The summed E-state index contributed by atoms with van der Waals surface area (Å²) in [5.41, 5.74) is 0. The van der Waals surface area contributed by atoms with Crippen LogP contribution in [0.25, 0.3) is 0 Å². The van der Waals surface area contributed by atoms with Gasteiger partial charge in [-0.1, -0.05) is 18.2 Å². The lowest BCUT2D eigenvalue weighted by molar-refractivity contribution is 0.317. The molecule has 0 saturated heterocycles. The second-order valence-electron chi connectivity index (χ2n) is 3.18. The summed E-state index contributed by atoms with van der Waals surface area (Å²) < 4.78 is 30.3. The van der Waals surface area contributed by atoms with Gasteiger partial charge >= 0.3 is 0 Å². The Morgan fingerprint density at radius 2 is 1.93 bits per heavy atom. The third-order valence-electron chi connectivity index (χ3n) is 2.04. The van der Waals surface area contributed by atoms with Crippen LogP contribution >= 0.6 is 0 Å². The van der Waals surface area contributed by atoms with Gasteiger partial charge in [-0.15, -0.1) is 0 Å². The monoisotopic (exact) mass is 229 g/mol. The molecule has 0 heterocycles.